The normalized spacial score (nSPS) is 16.5. The van der Waals surface area contributed by atoms with E-state index in [0.717, 1.165) is 41.6 Å². The Hall–Kier alpha value is -2.67. The van der Waals surface area contributed by atoms with Gasteiger partial charge in [0.05, 0.1) is 0 Å². The summed E-state index contributed by atoms with van der Waals surface area (Å²) < 4.78 is 11.5. The zero-order valence-electron chi connectivity index (χ0n) is 18.0. The van der Waals surface area contributed by atoms with Crippen molar-refractivity contribution in [1.29, 1.82) is 0 Å². The molecule has 2 aromatic heterocycles. The van der Waals surface area contributed by atoms with Gasteiger partial charge in [-0.25, -0.2) is 0 Å². The van der Waals surface area contributed by atoms with Gasteiger partial charge in [0.1, 0.15) is 5.58 Å². The van der Waals surface area contributed by atoms with E-state index in [2.05, 4.69) is 33.4 Å². The van der Waals surface area contributed by atoms with Crippen LogP contribution in [-0.2, 0) is 0 Å². The number of furan rings is 1. The summed E-state index contributed by atoms with van der Waals surface area (Å²) in [5, 5.41) is 11.9. The molecule has 0 bridgehead atoms. The van der Waals surface area contributed by atoms with E-state index in [9.17, 15) is 4.79 Å². The maximum absolute atomic E-state index is 12.5. The summed E-state index contributed by atoms with van der Waals surface area (Å²) in [6.07, 6.45) is 6.08. The lowest BCUT2D eigenvalue weighted by atomic mass is 10.1. The number of aryl methyl sites for hydroxylation is 2. The Morgan fingerprint density at radius 3 is 2.67 bits per heavy atom. The first kappa shape index (κ1) is 20.6. The van der Waals surface area contributed by atoms with E-state index in [1.165, 1.54) is 25.7 Å². The maximum atomic E-state index is 12.5. The number of rotatable bonds is 6. The largest absolute Gasteiger partial charge is 0.451 e. The molecule has 1 N–H and O–H groups in total. The van der Waals surface area contributed by atoms with Crippen molar-refractivity contribution in [1.82, 2.24) is 20.4 Å². The molecular weight excluding hydrogens is 380 g/mol. The number of benzene rings is 1. The Labute approximate surface area is 176 Å². The van der Waals surface area contributed by atoms with Gasteiger partial charge in [-0.3, -0.25) is 4.79 Å². The smallest absolute Gasteiger partial charge is 0.308 e. The molecule has 0 aliphatic carbocycles. The van der Waals surface area contributed by atoms with E-state index in [0.29, 0.717) is 18.3 Å². The molecule has 1 aromatic carbocycles. The van der Waals surface area contributed by atoms with Crippen LogP contribution in [0.1, 0.15) is 60.8 Å². The van der Waals surface area contributed by atoms with Crippen molar-refractivity contribution in [2.24, 2.45) is 0 Å². The van der Waals surface area contributed by atoms with Crippen LogP contribution in [0.2, 0.25) is 0 Å². The molecule has 0 saturated carbocycles. The summed E-state index contributed by atoms with van der Waals surface area (Å²) in [5.74, 6) is 0.353. The lowest BCUT2D eigenvalue weighted by Gasteiger charge is -2.27. The van der Waals surface area contributed by atoms with Crippen LogP contribution in [0.25, 0.3) is 22.6 Å². The topological polar surface area (TPSA) is 84.4 Å². The molecule has 160 valence electrons. The molecule has 4 rings (SSSR count). The molecule has 1 amide bonds. The highest BCUT2D eigenvalue weighted by atomic mass is 16.4. The van der Waals surface area contributed by atoms with E-state index < -0.39 is 0 Å². The predicted molar refractivity (Wildman–Crippen MR) is 115 cm³/mol. The second kappa shape index (κ2) is 9.00. The van der Waals surface area contributed by atoms with E-state index in [-0.39, 0.29) is 17.7 Å². The first-order chi connectivity index (χ1) is 14.5. The van der Waals surface area contributed by atoms with E-state index in [4.69, 9.17) is 8.83 Å². The number of amides is 1. The standard InChI is InChI=1S/C23H30N4O3/c1-15-8-9-19-18(14-15)17(3)20(29-19)22-25-26-23(30-22)21(28)24-11-10-16(2)27-12-6-4-5-7-13-27/h8-9,14,16H,4-7,10-13H2,1-3H3,(H,24,28)/t16-/m0/s1. The molecule has 1 aliphatic rings. The Morgan fingerprint density at radius 2 is 1.90 bits per heavy atom. The van der Waals surface area contributed by atoms with Gasteiger partial charge in [-0.05, 0) is 65.3 Å². The van der Waals surface area contributed by atoms with Crippen molar-refractivity contribution in [3.8, 4) is 11.7 Å². The molecular formula is C23H30N4O3. The van der Waals surface area contributed by atoms with Gasteiger partial charge in [0.2, 0.25) is 0 Å². The molecule has 3 aromatic rings. The van der Waals surface area contributed by atoms with Crippen molar-refractivity contribution in [2.45, 2.75) is 58.9 Å². The van der Waals surface area contributed by atoms with Gasteiger partial charge in [-0.1, -0.05) is 24.5 Å². The molecule has 3 heterocycles. The molecule has 0 spiro atoms. The third-order valence-electron chi connectivity index (χ3n) is 6.02. The molecule has 7 heteroatoms. The zero-order valence-corrected chi connectivity index (χ0v) is 18.0. The number of nitrogens with zero attached hydrogens (tertiary/aromatic N) is 3. The van der Waals surface area contributed by atoms with Gasteiger partial charge in [0, 0.05) is 23.5 Å². The Bertz CT molecular complexity index is 1010. The van der Waals surface area contributed by atoms with Crippen LogP contribution in [0.5, 0.6) is 0 Å². The van der Waals surface area contributed by atoms with Crippen molar-refractivity contribution in [2.75, 3.05) is 19.6 Å². The summed E-state index contributed by atoms with van der Waals surface area (Å²) in [7, 11) is 0. The molecule has 7 nitrogen and oxygen atoms in total. The van der Waals surface area contributed by atoms with Gasteiger partial charge < -0.3 is 19.1 Å². The first-order valence-corrected chi connectivity index (χ1v) is 10.9. The van der Waals surface area contributed by atoms with Gasteiger partial charge in [0.15, 0.2) is 5.76 Å². The molecule has 0 radical (unpaired) electrons. The lowest BCUT2D eigenvalue weighted by Crippen LogP contribution is -2.37. The quantitative estimate of drug-likeness (QED) is 0.645. The third-order valence-corrected chi connectivity index (χ3v) is 6.02. The Balaban J connectivity index is 1.37. The highest BCUT2D eigenvalue weighted by molar-refractivity contribution is 5.90. The van der Waals surface area contributed by atoms with E-state index in [1.54, 1.807) is 0 Å². The van der Waals surface area contributed by atoms with Gasteiger partial charge in [-0.15, -0.1) is 10.2 Å². The van der Waals surface area contributed by atoms with Crippen LogP contribution in [-0.4, -0.2) is 46.7 Å². The monoisotopic (exact) mass is 410 g/mol. The number of hydrogen-bond donors (Lipinski definition) is 1. The molecule has 30 heavy (non-hydrogen) atoms. The first-order valence-electron chi connectivity index (χ1n) is 10.9. The molecule has 0 unspecified atom stereocenters. The predicted octanol–water partition coefficient (Wildman–Crippen LogP) is 4.48. The Kier molecular flexibility index (Phi) is 6.18. The van der Waals surface area contributed by atoms with Crippen LogP contribution in [0.15, 0.2) is 27.0 Å². The van der Waals surface area contributed by atoms with Crippen molar-refractivity contribution < 1.29 is 13.6 Å². The number of nitrogens with one attached hydrogen (secondary N) is 1. The van der Waals surface area contributed by atoms with E-state index >= 15 is 0 Å². The van der Waals surface area contributed by atoms with Gasteiger partial charge >= 0.3 is 11.8 Å². The fraction of sp³-hybridized carbons (Fsp3) is 0.522. The second-order valence-electron chi connectivity index (χ2n) is 8.31. The fourth-order valence-corrected chi connectivity index (χ4v) is 4.13. The molecule has 1 fully saturated rings. The Morgan fingerprint density at radius 1 is 1.13 bits per heavy atom. The lowest BCUT2D eigenvalue weighted by molar-refractivity contribution is 0.0914. The minimum atomic E-state index is -0.346. The summed E-state index contributed by atoms with van der Waals surface area (Å²) in [5.41, 5.74) is 2.84. The SMILES string of the molecule is Cc1ccc2oc(-c3nnc(C(=O)NCC[C@H](C)N4CCCCCC4)o3)c(C)c2c1. The average Bonchev–Trinajstić information content (AvgIpc) is 3.23. The summed E-state index contributed by atoms with van der Waals surface area (Å²) in [6, 6.07) is 6.43. The number of hydrogen-bond acceptors (Lipinski definition) is 6. The maximum Gasteiger partial charge on any atom is 0.308 e. The summed E-state index contributed by atoms with van der Waals surface area (Å²) in [4.78, 5) is 15.0. The molecule has 1 aliphatic heterocycles. The minimum Gasteiger partial charge on any atom is -0.451 e. The molecule has 1 atom stereocenters. The molecule has 1 saturated heterocycles. The summed E-state index contributed by atoms with van der Waals surface area (Å²) in [6.45, 7) is 9.10. The third kappa shape index (κ3) is 4.41. The fourth-order valence-electron chi connectivity index (χ4n) is 4.13. The van der Waals surface area contributed by atoms with Crippen LogP contribution in [0, 0.1) is 13.8 Å². The highest BCUT2D eigenvalue weighted by Crippen LogP contribution is 2.32. The average molecular weight is 411 g/mol. The van der Waals surface area contributed by atoms with Crippen molar-refractivity contribution in [3.05, 3.63) is 35.2 Å². The number of aromatic nitrogens is 2. The minimum absolute atomic E-state index is 0.0385. The van der Waals surface area contributed by atoms with Crippen LogP contribution in [0.3, 0.4) is 0 Å². The van der Waals surface area contributed by atoms with Crippen LogP contribution in [0.4, 0.5) is 0 Å². The van der Waals surface area contributed by atoms with Crippen LogP contribution < -0.4 is 5.32 Å². The number of carbonyl (C=O) groups excluding carboxylic acids is 1. The second-order valence-corrected chi connectivity index (χ2v) is 8.31. The number of carbonyl (C=O) groups is 1. The van der Waals surface area contributed by atoms with Crippen molar-refractivity contribution >= 4 is 16.9 Å². The highest BCUT2D eigenvalue weighted by Gasteiger charge is 2.22. The number of likely N-dealkylation sites (tertiary alicyclic amines) is 1. The summed E-state index contributed by atoms with van der Waals surface area (Å²) >= 11 is 0. The number of fused-ring (bicyclic) bond motifs is 1. The zero-order chi connectivity index (χ0) is 21.1. The van der Waals surface area contributed by atoms with E-state index in [1.807, 2.05) is 26.0 Å². The van der Waals surface area contributed by atoms with Gasteiger partial charge in [0.25, 0.3) is 5.89 Å². The van der Waals surface area contributed by atoms with Crippen molar-refractivity contribution in [3.63, 3.8) is 0 Å². The van der Waals surface area contributed by atoms with Gasteiger partial charge in [-0.2, -0.15) is 0 Å². The van der Waals surface area contributed by atoms with Crippen LogP contribution >= 0.6 is 0 Å².